The van der Waals surface area contributed by atoms with Crippen LogP contribution in [0.3, 0.4) is 0 Å². The molecule has 7 heteroatoms. The zero-order valence-electron chi connectivity index (χ0n) is 12.9. The number of hydrogen-bond acceptors (Lipinski definition) is 5. The van der Waals surface area contributed by atoms with Gasteiger partial charge in [0.05, 0.1) is 20.3 Å². The van der Waals surface area contributed by atoms with E-state index in [-0.39, 0.29) is 19.2 Å². The van der Waals surface area contributed by atoms with Gasteiger partial charge < -0.3 is 14.2 Å². The normalized spacial score (nSPS) is 18.8. The molecule has 0 saturated carbocycles. The maximum Gasteiger partial charge on any atom is 0.322 e. The van der Waals surface area contributed by atoms with Crippen LogP contribution >= 0.6 is 38.5 Å². The second-order valence-electron chi connectivity index (χ2n) is 5.45. The van der Waals surface area contributed by atoms with Crippen LogP contribution in [-0.2, 0) is 26.3 Å². The molecule has 1 aromatic heterocycles. The van der Waals surface area contributed by atoms with Gasteiger partial charge in [-0.3, -0.25) is 4.79 Å². The van der Waals surface area contributed by atoms with Crippen molar-refractivity contribution in [1.29, 1.82) is 0 Å². The summed E-state index contributed by atoms with van der Waals surface area (Å²) in [4.78, 5) is 16.9. The van der Waals surface area contributed by atoms with Crippen LogP contribution in [0.15, 0.2) is 41.0 Å². The van der Waals surface area contributed by atoms with Crippen LogP contribution in [0.5, 0.6) is 5.75 Å². The lowest BCUT2D eigenvalue weighted by molar-refractivity contribution is -0.151. The molecule has 5 nitrogen and oxygen atoms in total. The Morgan fingerprint density at radius 1 is 1.42 bits per heavy atom. The zero-order valence-corrected chi connectivity index (χ0v) is 16.7. The largest absolute Gasteiger partial charge is 0.489 e. The molecule has 0 bridgehead atoms. The van der Waals surface area contributed by atoms with E-state index in [9.17, 15) is 4.79 Å². The number of halogens is 2. The number of carbonyl (C=O) groups is 1. The van der Waals surface area contributed by atoms with Crippen molar-refractivity contribution in [3.05, 3.63) is 55.8 Å². The lowest BCUT2D eigenvalue weighted by atomic mass is 9.83. The predicted molar refractivity (Wildman–Crippen MR) is 99.9 cm³/mol. The highest BCUT2D eigenvalue weighted by Gasteiger charge is 2.50. The Morgan fingerprint density at radius 3 is 2.88 bits per heavy atom. The van der Waals surface area contributed by atoms with Crippen LogP contribution in [0.1, 0.15) is 11.1 Å². The van der Waals surface area contributed by atoms with Crippen molar-refractivity contribution in [3.63, 3.8) is 0 Å². The molecule has 2 aromatic rings. The Kier molecular flexibility index (Phi) is 5.41. The smallest absolute Gasteiger partial charge is 0.322 e. The number of fused-ring (bicyclic) bond motifs is 1. The fraction of sp³-hybridized carbons (Fsp3) is 0.294. The van der Waals surface area contributed by atoms with Gasteiger partial charge in [-0.1, -0.05) is 30.3 Å². The van der Waals surface area contributed by atoms with Gasteiger partial charge in [-0.25, -0.2) is 4.98 Å². The van der Waals surface area contributed by atoms with Gasteiger partial charge in [0.25, 0.3) is 0 Å². The zero-order chi connectivity index (χ0) is 17.2. The van der Waals surface area contributed by atoms with Crippen LogP contribution in [0.25, 0.3) is 0 Å². The predicted octanol–water partition coefficient (Wildman–Crippen LogP) is 3.47. The minimum absolute atomic E-state index is 0.171. The summed E-state index contributed by atoms with van der Waals surface area (Å²) < 4.78 is 18.0. The van der Waals surface area contributed by atoms with Gasteiger partial charge in [0, 0.05) is 5.56 Å². The van der Waals surface area contributed by atoms with E-state index in [0.29, 0.717) is 17.0 Å². The minimum atomic E-state index is -0.982. The van der Waals surface area contributed by atoms with Gasteiger partial charge in [-0.05, 0) is 50.2 Å². The number of ether oxygens (including phenoxy) is 3. The fourth-order valence-corrected chi connectivity index (χ4v) is 4.10. The standard InChI is InChI=1S/C17H15BrINO4/c1-22-16(21)17(9-23-8-11-5-3-2-4-6-11)10-24-14-12(17)7-13(19)20-15(14)18/h2-7H,8-10H2,1H3. The summed E-state index contributed by atoms with van der Waals surface area (Å²) in [5.41, 5.74) is 0.806. The van der Waals surface area contributed by atoms with Crippen LogP contribution in [-0.4, -0.2) is 31.3 Å². The number of methoxy groups -OCH3 is 1. The third kappa shape index (κ3) is 3.29. The molecule has 0 saturated heterocycles. The summed E-state index contributed by atoms with van der Waals surface area (Å²) in [5.74, 6) is 0.201. The molecule has 2 heterocycles. The van der Waals surface area contributed by atoms with Gasteiger partial charge in [-0.2, -0.15) is 0 Å². The summed E-state index contributed by atoms with van der Waals surface area (Å²) in [5, 5.41) is 0. The highest BCUT2D eigenvalue weighted by Crippen LogP contribution is 2.44. The monoisotopic (exact) mass is 503 g/mol. The molecular formula is C17H15BrINO4. The van der Waals surface area contributed by atoms with Crippen molar-refractivity contribution in [2.75, 3.05) is 20.3 Å². The summed E-state index contributed by atoms with van der Waals surface area (Å²) >= 11 is 5.50. The van der Waals surface area contributed by atoms with Crippen molar-refractivity contribution >= 4 is 44.5 Å². The highest BCUT2D eigenvalue weighted by atomic mass is 127. The molecule has 0 aliphatic carbocycles. The molecule has 0 fully saturated rings. The molecule has 1 aromatic carbocycles. The summed E-state index contributed by atoms with van der Waals surface area (Å²) in [6.07, 6.45) is 0. The lowest BCUT2D eigenvalue weighted by Crippen LogP contribution is -2.43. The van der Waals surface area contributed by atoms with E-state index in [4.69, 9.17) is 14.2 Å². The third-order valence-electron chi connectivity index (χ3n) is 3.92. The second-order valence-corrected chi connectivity index (χ2v) is 7.31. The Bertz CT molecular complexity index is 756. The Balaban J connectivity index is 1.87. The van der Waals surface area contributed by atoms with Crippen molar-refractivity contribution in [2.45, 2.75) is 12.0 Å². The Morgan fingerprint density at radius 2 is 2.17 bits per heavy atom. The molecule has 0 N–H and O–H groups in total. The lowest BCUT2D eigenvalue weighted by Gasteiger charge is -2.24. The number of aromatic nitrogens is 1. The van der Waals surface area contributed by atoms with Gasteiger partial charge in [0.1, 0.15) is 14.9 Å². The molecule has 1 unspecified atom stereocenters. The molecule has 1 atom stereocenters. The third-order valence-corrected chi connectivity index (χ3v) is 5.01. The molecule has 24 heavy (non-hydrogen) atoms. The van der Waals surface area contributed by atoms with Crippen LogP contribution in [0, 0.1) is 3.70 Å². The first kappa shape index (κ1) is 17.6. The molecule has 0 amide bonds. The van der Waals surface area contributed by atoms with Crippen LogP contribution in [0.2, 0.25) is 0 Å². The van der Waals surface area contributed by atoms with E-state index in [0.717, 1.165) is 14.8 Å². The van der Waals surface area contributed by atoms with Gasteiger partial charge in [0.15, 0.2) is 11.2 Å². The van der Waals surface area contributed by atoms with Crippen molar-refractivity contribution in [3.8, 4) is 5.75 Å². The first-order valence-corrected chi connectivity index (χ1v) is 9.13. The van der Waals surface area contributed by atoms with Crippen molar-refractivity contribution in [1.82, 2.24) is 4.98 Å². The van der Waals surface area contributed by atoms with E-state index in [2.05, 4.69) is 43.5 Å². The average Bonchev–Trinajstić information content (AvgIpc) is 2.95. The van der Waals surface area contributed by atoms with Gasteiger partial charge in [-0.15, -0.1) is 0 Å². The van der Waals surface area contributed by atoms with E-state index in [1.54, 1.807) is 0 Å². The fourth-order valence-electron chi connectivity index (χ4n) is 2.70. The molecule has 0 spiro atoms. The maximum atomic E-state index is 12.5. The number of esters is 1. The summed E-state index contributed by atoms with van der Waals surface area (Å²) in [6.45, 7) is 0.760. The summed E-state index contributed by atoms with van der Waals surface area (Å²) in [6, 6.07) is 11.7. The number of pyridine rings is 1. The van der Waals surface area contributed by atoms with E-state index in [1.807, 2.05) is 36.4 Å². The molecular weight excluding hydrogens is 489 g/mol. The SMILES string of the molecule is COC(=O)C1(COCc2ccccc2)COc2c1cc(I)nc2Br. The topological polar surface area (TPSA) is 57.7 Å². The number of hydrogen-bond donors (Lipinski definition) is 0. The Hall–Kier alpha value is -1.19. The highest BCUT2D eigenvalue weighted by molar-refractivity contribution is 14.1. The van der Waals surface area contributed by atoms with E-state index in [1.165, 1.54) is 7.11 Å². The minimum Gasteiger partial charge on any atom is -0.489 e. The number of rotatable bonds is 5. The summed E-state index contributed by atoms with van der Waals surface area (Å²) in [7, 11) is 1.38. The van der Waals surface area contributed by atoms with E-state index < -0.39 is 5.41 Å². The average molecular weight is 504 g/mol. The number of nitrogens with zero attached hydrogens (tertiary/aromatic N) is 1. The van der Waals surface area contributed by atoms with Gasteiger partial charge >= 0.3 is 5.97 Å². The number of benzene rings is 1. The molecule has 0 radical (unpaired) electrons. The second kappa shape index (κ2) is 7.37. The first-order chi connectivity index (χ1) is 11.6. The van der Waals surface area contributed by atoms with Crippen molar-refractivity contribution < 1.29 is 19.0 Å². The molecule has 1 aliphatic rings. The molecule has 126 valence electrons. The number of carbonyl (C=O) groups excluding carboxylic acids is 1. The van der Waals surface area contributed by atoms with Gasteiger partial charge in [0.2, 0.25) is 0 Å². The first-order valence-electron chi connectivity index (χ1n) is 7.26. The molecule has 1 aliphatic heterocycles. The van der Waals surface area contributed by atoms with Crippen LogP contribution < -0.4 is 4.74 Å². The Labute approximate surface area is 162 Å². The van der Waals surface area contributed by atoms with E-state index >= 15 is 0 Å². The van der Waals surface area contributed by atoms with Crippen LogP contribution in [0.4, 0.5) is 0 Å². The van der Waals surface area contributed by atoms with Crippen molar-refractivity contribution in [2.24, 2.45) is 0 Å². The molecule has 3 rings (SSSR count). The quantitative estimate of drug-likeness (QED) is 0.355. The maximum absolute atomic E-state index is 12.5.